The molecule has 0 amide bonds. The van der Waals surface area contributed by atoms with Gasteiger partial charge in [0.2, 0.25) is 0 Å². The van der Waals surface area contributed by atoms with E-state index in [1.54, 1.807) is 0 Å². The van der Waals surface area contributed by atoms with Gasteiger partial charge in [0.15, 0.2) is 0 Å². The maximum absolute atomic E-state index is 12.1. The molecular formula is C17H18O2. The van der Waals surface area contributed by atoms with Crippen molar-refractivity contribution in [3.05, 3.63) is 35.9 Å². The van der Waals surface area contributed by atoms with E-state index >= 15 is 0 Å². The molecule has 0 N–H and O–H groups in total. The van der Waals surface area contributed by atoms with E-state index in [9.17, 15) is 4.79 Å². The molecule has 0 bridgehead atoms. The van der Waals surface area contributed by atoms with Crippen LogP contribution in [0.25, 0.3) is 0 Å². The number of carbonyl (C=O) groups is 1. The highest BCUT2D eigenvalue weighted by molar-refractivity contribution is 5.79. The second-order valence-electron chi connectivity index (χ2n) is 5.54. The van der Waals surface area contributed by atoms with Gasteiger partial charge >= 0.3 is 5.97 Å². The van der Waals surface area contributed by atoms with E-state index in [1.807, 2.05) is 30.3 Å². The third kappa shape index (κ3) is 2.26. The third-order valence-electron chi connectivity index (χ3n) is 4.44. The summed E-state index contributed by atoms with van der Waals surface area (Å²) in [4.78, 5) is 12.1. The molecule has 1 saturated heterocycles. The van der Waals surface area contributed by atoms with Crippen LogP contribution in [0.1, 0.15) is 37.7 Å². The van der Waals surface area contributed by atoms with Crippen LogP contribution in [-0.4, -0.2) is 12.6 Å². The summed E-state index contributed by atoms with van der Waals surface area (Å²) in [6.07, 6.45) is 5.04. The number of hydrogen-bond donors (Lipinski definition) is 0. The summed E-state index contributed by atoms with van der Waals surface area (Å²) in [5.41, 5.74) is 0.706. The largest absolute Gasteiger partial charge is 0.465 e. The van der Waals surface area contributed by atoms with Gasteiger partial charge in [0, 0.05) is 17.9 Å². The Labute approximate surface area is 114 Å². The summed E-state index contributed by atoms with van der Waals surface area (Å²) < 4.78 is 5.30. The number of benzene rings is 1. The molecule has 2 aliphatic rings. The number of cyclic esters (lactones) is 1. The van der Waals surface area contributed by atoms with Crippen molar-refractivity contribution in [1.29, 1.82) is 0 Å². The van der Waals surface area contributed by atoms with Crippen molar-refractivity contribution >= 4 is 5.97 Å². The Hall–Kier alpha value is -1.75. The molecule has 1 aromatic rings. The second-order valence-corrected chi connectivity index (χ2v) is 5.54. The maximum Gasteiger partial charge on any atom is 0.313 e. The summed E-state index contributed by atoms with van der Waals surface area (Å²) in [6, 6.07) is 9.94. The molecule has 2 heteroatoms. The number of ether oxygens (including phenoxy) is 1. The first-order valence-corrected chi connectivity index (χ1v) is 7.02. The fourth-order valence-electron chi connectivity index (χ4n) is 3.27. The molecule has 0 spiro atoms. The van der Waals surface area contributed by atoms with Crippen LogP contribution in [-0.2, 0) is 9.53 Å². The zero-order chi connectivity index (χ0) is 13.1. The van der Waals surface area contributed by atoms with Crippen molar-refractivity contribution in [3.63, 3.8) is 0 Å². The van der Waals surface area contributed by atoms with Gasteiger partial charge in [-0.2, -0.15) is 0 Å². The Morgan fingerprint density at radius 2 is 2.11 bits per heavy atom. The van der Waals surface area contributed by atoms with E-state index in [0.717, 1.165) is 24.8 Å². The van der Waals surface area contributed by atoms with Crippen LogP contribution < -0.4 is 0 Å². The number of carbonyl (C=O) groups excluding carboxylic acids is 1. The molecule has 1 aliphatic carbocycles. The summed E-state index contributed by atoms with van der Waals surface area (Å²) >= 11 is 0. The average molecular weight is 254 g/mol. The molecule has 1 aromatic carbocycles. The molecule has 98 valence electrons. The molecule has 1 heterocycles. The van der Waals surface area contributed by atoms with Crippen LogP contribution in [0.15, 0.2) is 30.3 Å². The topological polar surface area (TPSA) is 26.3 Å². The number of rotatable bonds is 1. The van der Waals surface area contributed by atoms with Crippen LogP contribution in [0.2, 0.25) is 0 Å². The van der Waals surface area contributed by atoms with Gasteiger partial charge in [-0.1, -0.05) is 42.9 Å². The van der Waals surface area contributed by atoms with E-state index in [4.69, 9.17) is 4.74 Å². The molecule has 2 atom stereocenters. The lowest BCUT2D eigenvalue weighted by molar-refractivity contribution is -0.147. The second kappa shape index (κ2) is 5.09. The summed E-state index contributed by atoms with van der Waals surface area (Å²) in [7, 11) is 0. The van der Waals surface area contributed by atoms with Crippen molar-refractivity contribution < 1.29 is 9.53 Å². The first-order valence-electron chi connectivity index (χ1n) is 7.02. The molecular weight excluding hydrogens is 236 g/mol. The molecule has 0 radical (unpaired) electrons. The summed E-state index contributed by atoms with van der Waals surface area (Å²) in [5, 5.41) is 0. The lowest BCUT2D eigenvalue weighted by Crippen LogP contribution is -2.35. The molecule has 1 aliphatic heterocycles. The maximum atomic E-state index is 12.1. The van der Waals surface area contributed by atoms with Gasteiger partial charge < -0.3 is 4.74 Å². The molecule has 3 rings (SSSR count). The first-order chi connectivity index (χ1) is 9.31. The predicted molar refractivity (Wildman–Crippen MR) is 73.3 cm³/mol. The van der Waals surface area contributed by atoms with E-state index in [2.05, 4.69) is 11.8 Å². The lowest BCUT2D eigenvalue weighted by Gasteiger charge is -2.33. The minimum absolute atomic E-state index is 0.0143. The Morgan fingerprint density at radius 1 is 1.26 bits per heavy atom. The quantitative estimate of drug-likeness (QED) is 0.568. The number of fused-ring (bicyclic) bond motifs is 1. The van der Waals surface area contributed by atoms with Crippen LogP contribution in [0.5, 0.6) is 0 Å². The van der Waals surface area contributed by atoms with Gasteiger partial charge in [0.05, 0.1) is 12.0 Å². The lowest BCUT2D eigenvalue weighted by atomic mass is 9.66. The van der Waals surface area contributed by atoms with E-state index in [-0.39, 0.29) is 11.4 Å². The molecule has 19 heavy (non-hydrogen) atoms. The van der Waals surface area contributed by atoms with Crippen molar-refractivity contribution in [1.82, 2.24) is 0 Å². The minimum Gasteiger partial charge on any atom is -0.465 e. The predicted octanol–water partition coefficient (Wildman–Crippen LogP) is 3.16. The fourth-order valence-corrected chi connectivity index (χ4v) is 3.27. The van der Waals surface area contributed by atoms with Gasteiger partial charge in [-0.05, 0) is 25.0 Å². The Balaban J connectivity index is 1.78. The summed E-state index contributed by atoms with van der Waals surface area (Å²) in [6.45, 7) is 0.603. The summed E-state index contributed by atoms with van der Waals surface area (Å²) in [5.74, 6) is 6.75. The highest BCUT2D eigenvalue weighted by Gasteiger charge is 2.52. The third-order valence-corrected chi connectivity index (χ3v) is 4.44. The molecule has 1 saturated carbocycles. The number of esters is 1. The van der Waals surface area contributed by atoms with Crippen molar-refractivity contribution in [2.24, 2.45) is 11.3 Å². The minimum atomic E-state index is -0.306. The monoisotopic (exact) mass is 254 g/mol. The average Bonchev–Trinajstić information content (AvgIpc) is 2.78. The van der Waals surface area contributed by atoms with Gasteiger partial charge in [-0.3, -0.25) is 4.79 Å². The molecule has 2 fully saturated rings. The van der Waals surface area contributed by atoms with Gasteiger partial charge in [-0.15, -0.1) is 0 Å². The van der Waals surface area contributed by atoms with Gasteiger partial charge in [0.1, 0.15) is 0 Å². The smallest absolute Gasteiger partial charge is 0.313 e. The molecule has 0 aromatic heterocycles. The standard InChI is InChI=1S/C17H18O2/c18-16-17(11-5-4-10-15(17)13-19-16)12-6-9-14-7-2-1-3-8-14/h1-3,7-8,15H,4-5,10-13H2/t15-,17+/m1/s1. The van der Waals surface area contributed by atoms with Crippen molar-refractivity contribution in [2.45, 2.75) is 32.1 Å². The Morgan fingerprint density at radius 3 is 2.95 bits per heavy atom. The zero-order valence-corrected chi connectivity index (χ0v) is 11.0. The van der Waals surface area contributed by atoms with Gasteiger partial charge in [0.25, 0.3) is 0 Å². The van der Waals surface area contributed by atoms with E-state index in [1.165, 1.54) is 6.42 Å². The van der Waals surface area contributed by atoms with Crippen molar-refractivity contribution in [2.75, 3.05) is 6.61 Å². The Bertz CT molecular complexity index is 523. The normalized spacial score (nSPS) is 29.1. The van der Waals surface area contributed by atoms with Gasteiger partial charge in [-0.25, -0.2) is 0 Å². The molecule has 0 unspecified atom stereocenters. The van der Waals surface area contributed by atoms with E-state index in [0.29, 0.717) is 18.9 Å². The highest BCUT2D eigenvalue weighted by Crippen LogP contribution is 2.48. The van der Waals surface area contributed by atoms with E-state index < -0.39 is 0 Å². The van der Waals surface area contributed by atoms with Crippen LogP contribution in [0.3, 0.4) is 0 Å². The van der Waals surface area contributed by atoms with Crippen molar-refractivity contribution in [3.8, 4) is 11.8 Å². The highest BCUT2D eigenvalue weighted by atomic mass is 16.5. The molecule has 2 nitrogen and oxygen atoms in total. The first kappa shape index (κ1) is 12.3. The fraction of sp³-hybridized carbons (Fsp3) is 0.471. The zero-order valence-electron chi connectivity index (χ0n) is 11.0. The Kier molecular flexibility index (Phi) is 3.29. The van der Waals surface area contributed by atoms with Crippen LogP contribution >= 0.6 is 0 Å². The van der Waals surface area contributed by atoms with Crippen LogP contribution in [0.4, 0.5) is 0 Å². The van der Waals surface area contributed by atoms with Crippen LogP contribution in [0, 0.1) is 23.2 Å². The number of hydrogen-bond acceptors (Lipinski definition) is 2. The SMILES string of the molecule is O=C1OC[C@H]2CCCC[C@@]12CC#Cc1ccccc1.